The van der Waals surface area contributed by atoms with Crippen LogP contribution in [0.5, 0.6) is 0 Å². The normalized spacial score (nSPS) is 11.8. The lowest BCUT2D eigenvalue weighted by atomic mass is 10.1. The van der Waals surface area contributed by atoms with Crippen molar-refractivity contribution in [2.45, 2.75) is 12.5 Å². The number of halogens is 3. The number of aromatic nitrogens is 4. The van der Waals surface area contributed by atoms with Gasteiger partial charge in [-0.25, -0.2) is 9.37 Å². The van der Waals surface area contributed by atoms with E-state index in [1.54, 1.807) is 0 Å². The first kappa shape index (κ1) is 17.0. The van der Waals surface area contributed by atoms with Crippen LogP contribution in [0.3, 0.4) is 0 Å². The molecule has 0 unspecified atom stereocenters. The summed E-state index contributed by atoms with van der Waals surface area (Å²) in [6.45, 7) is 0.375. The Labute approximate surface area is 151 Å². The first-order chi connectivity index (χ1) is 12.9. The van der Waals surface area contributed by atoms with E-state index in [2.05, 4.69) is 15.1 Å². The minimum atomic E-state index is -3.59. The number of benzene rings is 2. The van der Waals surface area contributed by atoms with Gasteiger partial charge in [-0.1, -0.05) is 30.3 Å². The fraction of sp³-hybridized carbons (Fsp3) is 0.105. The third-order valence-electron chi connectivity index (χ3n) is 4.13. The van der Waals surface area contributed by atoms with Crippen LogP contribution in [0.2, 0.25) is 0 Å². The van der Waals surface area contributed by atoms with Crippen LogP contribution in [-0.2, 0) is 12.5 Å². The Kier molecular flexibility index (Phi) is 4.02. The Morgan fingerprint density at radius 2 is 1.74 bits per heavy atom. The van der Waals surface area contributed by atoms with Crippen molar-refractivity contribution >= 4 is 11.0 Å². The molecule has 2 heterocycles. The van der Waals surface area contributed by atoms with Gasteiger partial charge in [0.15, 0.2) is 11.5 Å². The summed E-state index contributed by atoms with van der Waals surface area (Å²) in [5.41, 5.74) is -0.323. The summed E-state index contributed by atoms with van der Waals surface area (Å²) in [5.74, 6) is -5.06. The molecule has 0 amide bonds. The molecule has 0 aliphatic heterocycles. The van der Waals surface area contributed by atoms with Crippen LogP contribution in [0.15, 0.2) is 65.6 Å². The monoisotopic (exact) mass is 370 g/mol. The molecule has 4 rings (SSSR count). The minimum absolute atomic E-state index is 0.0773. The zero-order valence-corrected chi connectivity index (χ0v) is 13.9. The standard InChI is InChI=1S/C19H13F3N4O/c20-14-8-6-13(7-9-14)19(21,22)18-23-16-15(17(27)24-18)11-26(25-16)10-12-4-2-1-3-5-12/h1-9,11H,10H2,(H,23,24,25,27). The van der Waals surface area contributed by atoms with Crippen molar-refractivity contribution in [2.75, 3.05) is 0 Å². The van der Waals surface area contributed by atoms with Gasteiger partial charge in [0.05, 0.1) is 6.54 Å². The lowest BCUT2D eigenvalue weighted by Gasteiger charge is -2.15. The Balaban J connectivity index is 1.75. The Hall–Kier alpha value is -3.42. The van der Waals surface area contributed by atoms with Crippen molar-refractivity contribution in [2.24, 2.45) is 0 Å². The quantitative estimate of drug-likeness (QED) is 0.599. The number of nitrogens with zero attached hydrogens (tertiary/aromatic N) is 3. The van der Waals surface area contributed by atoms with Crippen molar-refractivity contribution in [3.63, 3.8) is 0 Å². The molecule has 0 aliphatic carbocycles. The highest BCUT2D eigenvalue weighted by molar-refractivity contribution is 5.72. The second kappa shape index (κ2) is 6.39. The number of hydrogen-bond acceptors (Lipinski definition) is 3. The SMILES string of the molecule is O=c1[nH]c(C(F)(F)c2ccc(F)cc2)nc2nn(Cc3ccccc3)cc12. The fourth-order valence-electron chi connectivity index (χ4n) is 2.76. The van der Waals surface area contributed by atoms with E-state index in [9.17, 15) is 18.0 Å². The Bertz CT molecular complexity index is 1150. The highest BCUT2D eigenvalue weighted by atomic mass is 19.3. The van der Waals surface area contributed by atoms with Gasteiger partial charge in [-0.3, -0.25) is 9.48 Å². The third-order valence-corrected chi connectivity index (χ3v) is 4.13. The van der Waals surface area contributed by atoms with Gasteiger partial charge in [0.25, 0.3) is 5.56 Å². The predicted molar refractivity (Wildman–Crippen MR) is 93.1 cm³/mol. The smallest absolute Gasteiger partial charge is 0.304 e. The van der Waals surface area contributed by atoms with E-state index in [4.69, 9.17) is 0 Å². The van der Waals surface area contributed by atoms with E-state index >= 15 is 0 Å². The van der Waals surface area contributed by atoms with Crippen LogP contribution in [-0.4, -0.2) is 19.7 Å². The highest BCUT2D eigenvalue weighted by Crippen LogP contribution is 2.33. The molecule has 1 N–H and O–H groups in total. The molecule has 27 heavy (non-hydrogen) atoms. The molecule has 0 radical (unpaired) electrons. The van der Waals surface area contributed by atoms with Gasteiger partial charge in [0.2, 0.25) is 0 Å². The van der Waals surface area contributed by atoms with Crippen molar-refractivity contribution in [3.8, 4) is 0 Å². The number of H-pyrrole nitrogens is 1. The molecule has 0 aliphatic rings. The average molecular weight is 370 g/mol. The van der Waals surface area contributed by atoms with Crippen molar-refractivity contribution in [1.29, 1.82) is 0 Å². The Morgan fingerprint density at radius 1 is 1.04 bits per heavy atom. The van der Waals surface area contributed by atoms with E-state index in [1.807, 2.05) is 30.3 Å². The van der Waals surface area contributed by atoms with Crippen LogP contribution in [0.1, 0.15) is 17.0 Å². The lowest BCUT2D eigenvalue weighted by molar-refractivity contribution is 0.0328. The number of nitrogens with one attached hydrogen (secondary N) is 1. The number of aromatic amines is 1. The molecular formula is C19H13F3N4O. The zero-order valence-electron chi connectivity index (χ0n) is 13.9. The Morgan fingerprint density at radius 3 is 2.44 bits per heavy atom. The fourth-order valence-corrected chi connectivity index (χ4v) is 2.76. The molecule has 2 aromatic carbocycles. The lowest BCUT2D eigenvalue weighted by Crippen LogP contribution is -2.23. The second-order valence-electron chi connectivity index (χ2n) is 6.05. The van der Waals surface area contributed by atoms with Crippen LogP contribution < -0.4 is 5.56 Å². The molecule has 8 heteroatoms. The summed E-state index contributed by atoms with van der Waals surface area (Å²) in [6.07, 6.45) is 1.47. The summed E-state index contributed by atoms with van der Waals surface area (Å²) >= 11 is 0. The molecule has 0 fully saturated rings. The van der Waals surface area contributed by atoms with E-state index in [0.29, 0.717) is 6.54 Å². The maximum absolute atomic E-state index is 14.7. The third kappa shape index (κ3) is 3.21. The van der Waals surface area contributed by atoms with E-state index in [-0.39, 0.29) is 11.0 Å². The molecular weight excluding hydrogens is 357 g/mol. The van der Waals surface area contributed by atoms with Crippen molar-refractivity contribution < 1.29 is 13.2 Å². The molecule has 136 valence electrons. The van der Waals surface area contributed by atoms with E-state index in [0.717, 1.165) is 29.8 Å². The largest absolute Gasteiger partial charge is 0.330 e. The predicted octanol–water partition coefficient (Wildman–Crippen LogP) is 3.45. The highest BCUT2D eigenvalue weighted by Gasteiger charge is 2.37. The first-order valence-corrected chi connectivity index (χ1v) is 8.09. The first-order valence-electron chi connectivity index (χ1n) is 8.09. The number of hydrogen-bond donors (Lipinski definition) is 1. The van der Waals surface area contributed by atoms with Crippen molar-refractivity contribution in [3.05, 3.63) is 93.9 Å². The maximum atomic E-state index is 14.7. The van der Waals surface area contributed by atoms with Gasteiger partial charge in [-0.15, -0.1) is 0 Å². The molecule has 2 aromatic heterocycles. The summed E-state index contributed by atoms with van der Waals surface area (Å²) in [7, 11) is 0. The summed E-state index contributed by atoms with van der Waals surface area (Å²) in [4.78, 5) is 18.2. The number of fused-ring (bicyclic) bond motifs is 1. The summed E-state index contributed by atoms with van der Waals surface area (Å²) in [6, 6.07) is 13.1. The van der Waals surface area contributed by atoms with Crippen LogP contribution >= 0.6 is 0 Å². The van der Waals surface area contributed by atoms with Crippen LogP contribution in [0, 0.1) is 5.82 Å². The van der Waals surface area contributed by atoms with Gasteiger partial charge in [0.1, 0.15) is 11.2 Å². The van der Waals surface area contributed by atoms with Gasteiger partial charge < -0.3 is 4.98 Å². The van der Waals surface area contributed by atoms with Crippen molar-refractivity contribution in [1.82, 2.24) is 19.7 Å². The molecule has 4 aromatic rings. The molecule has 0 atom stereocenters. The molecule has 0 saturated heterocycles. The van der Waals surface area contributed by atoms with Gasteiger partial charge in [-0.2, -0.15) is 13.9 Å². The average Bonchev–Trinajstić information content (AvgIpc) is 3.06. The summed E-state index contributed by atoms with van der Waals surface area (Å²) in [5, 5.41) is 4.26. The van der Waals surface area contributed by atoms with Crippen LogP contribution in [0.25, 0.3) is 11.0 Å². The summed E-state index contributed by atoms with van der Waals surface area (Å²) < 4.78 is 43.9. The van der Waals surface area contributed by atoms with Gasteiger partial charge in [-0.05, 0) is 29.8 Å². The number of rotatable bonds is 4. The van der Waals surface area contributed by atoms with Gasteiger partial charge >= 0.3 is 5.92 Å². The minimum Gasteiger partial charge on any atom is -0.304 e. The van der Waals surface area contributed by atoms with E-state index in [1.165, 1.54) is 10.9 Å². The maximum Gasteiger partial charge on any atom is 0.330 e. The van der Waals surface area contributed by atoms with Crippen LogP contribution in [0.4, 0.5) is 13.2 Å². The second-order valence-corrected chi connectivity index (χ2v) is 6.05. The van der Waals surface area contributed by atoms with E-state index < -0.39 is 28.7 Å². The molecule has 0 bridgehead atoms. The molecule has 5 nitrogen and oxygen atoms in total. The topological polar surface area (TPSA) is 63.6 Å². The molecule has 0 spiro atoms. The number of alkyl halides is 2. The molecule has 0 saturated carbocycles. The zero-order chi connectivity index (χ0) is 19.0. The van der Waals surface area contributed by atoms with Gasteiger partial charge in [0, 0.05) is 11.8 Å².